The lowest BCUT2D eigenvalue weighted by atomic mass is 10.3. The minimum absolute atomic E-state index is 0.0428. The molecule has 0 spiro atoms. The first-order valence-electron chi connectivity index (χ1n) is 6.98. The second kappa shape index (κ2) is 7.33. The molecule has 2 aromatic heterocycles. The predicted molar refractivity (Wildman–Crippen MR) is 80.8 cm³/mol. The van der Waals surface area contributed by atoms with E-state index in [1.807, 2.05) is 26.0 Å². The van der Waals surface area contributed by atoms with Gasteiger partial charge in [-0.05, 0) is 25.5 Å². The average Bonchev–Trinajstić information content (AvgIpc) is 2.55. The number of pyridine rings is 1. The number of anilines is 1. The van der Waals surface area contributed by atoms with Crippen molar-refractivity contribution >= 4 is 11.9 Å². The van der Waals surface area contributed by atoms with E-state index >= 15 is 0 Å². The first-order chi connectivity index (χ1) is 10.2. The van der Waals surface area contributed by atoms with Crippen LogP contribution < -0.4 is 5.32 Å². The summed E-state index contributed by atoms with van der Waals surface area (Å²) in [6, 6.07) is 3.85. The molecule has 6 heteroatoms. The molecular formula is C15H19N5O. The van der Waals surface area contributed by atoms with Crippen LogP contribution in [0.2, 0.25) is 0 Å². The normalized spacial score (nSPS) is 10.2. The Morgan fingerprint density at radius 3 is 2.48 bits per heavy atom. The maximum Gasteiger partial charge on any atom is 0.256 e. The molecule has 2 rings (SSSR count). The van der Waals surface area contributed by atoms with Crippen molar-refractivity contribution in [2.45, 2.75) is 20.4 Å². The minimum atomic E-state index is -0.0428. The summed E-state index contributed by atoms with van der Waals surface area (Å²) >= 11 is 0. The van der Waals surface area contributed by atoms with Crippen LogP contribution in [0.4, 0.5) is 5.95 Å². The lowest BCUT2D eigenvalue weighted by molar-refractivity contribution is 0.0772. The van der Waals surface area contributed by atoms with Gasteiger partial charge in [0, 0.05) is 44.4 Å². The predicted octanol–water partition coefficient (Wildman–Crippen LogP) is 1.97. The number of rotatable bonds is 6. The van der Waals surface area contributed by atoms with Crippen LogP contribution in [-0.4, -0.2) is 38.8 Å². The monoisotopic (exact) mass is 285 g/mol. The molecule has 2 heterocycles. The molecule has 110 valence electrons. The zero-order chi connectivity index (χ0) is 15.1. The number of hydrogen-bond acceptors (Lipinski definition) is 5. The fraction of sp³-hybridized carbons (Fsp3) is 0.333. The van der Waals surface area contributed by atoms with Crippen molar-refractivity contribution in [3.63, 3.8) is 0 Å². The van der Waals surface area contributed by atoms with E-state index in [4.69, 9.17) is 0 Å². The van der Waals surface area contributed by atoms with Crippen LogP contribution in [0.3, 0.4) is 0 Å². The molecule has 0 bridgehead atoms. The molecule has 0 atom stereocenters. The van der Waals surface area contributed by atoms with Gasteiger partial charge in [-0.1, -0.05) is 6.07 Å². The van der Waals surface area contributed by atoms with Gasteiger partial charge in [0.05, 0.1) is 5.56 Å². The molecule has 0 aliphatic heterocycles. The largest absolute Gasteiger partial charge is 0.350 e. The van der Waals surface area contributed by atoms with Crippen LogP contribution in [0.15, 0.2) is 36.9 Å². The molecule has 0 radical (unpaired) electrons. The van der Waals surface area contributed by atoms with Crippen molar-refractivity contribution in [3.8, 4) is 0 Å². The molecule has 1 amide bonds. The Hall–Kier alpha value is -2.50. The molecule has 0 fully saturated rings. The summed E-state index contributed by atoms with van der Waals surface area (Å²) in [6.07, 6.45) is 6.62. The highest BCUT2D eigenvalue weighted by Crippen LogP contribution is 2.06. The number of carbonyl (C=O) groups is 1. The Labute approximate surface area is 124 Å². The number of aromatic nitrogens is 3. The van der Waals surface area contributed by atoms with Gasteiger partial charge in [0.2, 0.25) is 5.95 Å². The van der Waals surface area contributed by atoms with E-state index in [1.165, 1.54) is 0 Å². The summed E-state index contributed by atoms with van der Waals surface area (Å²) in [5.74, 6) is 0.453. The summed E-state index contributed by atoms with van der Waals surface area (Å²) < 4.78 is 0. The minimum Gasteiger partial charge on any atom is -0.350 e. The van der Waals surface area contributed by atoms with E-state index in [0.717, 1.165) is 5.56 Å². The van der Waals surface area contributed by atoms with Crippen LogP contribution in [-0.2, 0) is 6.54 Å². The van der Waals surface area contributed by atoms with Gasteiger partial charge < -0.3 is 10.2 Å². The van der Waals surface area contributed by atoms with Gasteiger partial charge in [-0.15, -0.1) is 0 Å². The summed E-state index contributed by atoms with van der Waals surface area (Å²) in [5, 5.41) is 3.10. The van der Waals surface area contributed by atoms with Gasteiger partial charge in [0.25, 0.3) is 5.91 Å². The Kier molecular flexibility index (Phi) is 5.20. The summed E-state index contributed by atoms with van der Waals surface area (Å²) in [6.45, 7) is 5.85. The third-order valence-electron chi connectivity index (χ3n) is 3.12. The standard InChI is InChI=1S/C15H19N5O/c1-3-20(4-2)14(21)13-10-18-15(19-11-13)17-9-12-6-5-7-16-8-12/h5-8,10-11H,3-4,9H2,1-2H3,(H,17,18,19). The summed E-state index contributed by atoms with van der Waals surface area (Å²) in [4.78, 5) is 26.2. The zero-order valence-corrected chi connectivity index (χ0v) is 12.3. The third kappa shape index (κ3) is 3.98. The van der Waals surface area contributed by atoms with E-state index < -0.39 is 0 Å². The Bertz CT molecular complexity index is 566. The highest BCUT2D eigenvalue weighted by molar-refractivity contribution is 5.93. The van der Waals surface area contributed by atoms with Crippen LogP contribution >= 0.6 is 0 Å². The smallest absolute Gasteiger partial charge is 0.256 e. The van der Waals surface area contributed by atoms with E-state index in [1.54, 1.807) is 29.7 Å². The molecule has 0 saturated heterocycles. The number of nitrogens with one attached hydrogen (secondary N) is 1. The molecule has 0 aliphatic rings. The van der Waals surface area contributed by atoms with Crippen molar-refractivity contribution in [2.24, 2.45) is 0 Å². The summed E-state index contributed by atoms with van der Waals surface area (Å²) in [7, 11) is 0. The molecule has 0 unspecified atom stereocenters. The lowest BCUT2D eigenvalue weighted by Gasteiger charge is -2.18. The van der Waals surface area contributed by atoms with E-state index in [9.17, 15) is 4.79 Å². The van der Waals surface area contributed by atoms with Gasteiger partial charge in [-0.2, -0.15) is 0 Å². The molecule has 0 aromatic carbocycles. The molecule has 1 N–H and O–H groups in total. The van der Waals surface area contributed by atoms with Crippen LogP contribution in [0, 0.1) is 0 Å². The van der Waals surface area contributed by atoms with E-state index in [2.05, 4.69) is 20.3 Å². The lowest BCUT2D eigenvalue weighted by Crippen LogP contribution is -2.30. The van der Waals surface area contributed by atoms with E-state index in [-0.39, 0.29) is 5.91 Å². The first-order valence-corrected chi connectivity index (χ1v) is 6.98. The fourth-order valence-corrected chi connectivity index (χ4v) is 1.91. The summed E-state index contributed by atoms with van der Waals surface area (Å²) in [5.41, 5.74) is 1.55. The van der Waals surface area contributed by atoms with Gasteiger partial charge in [-0.3, -0.25) is 9.78 Å². The van der Waals surface area contributed by atoms with E-state index in [0.29, 0.717) is 31.1 Å². The average molecular weight is 285 g/mol. The number of amides is 1. The molecule has 6 nitrogen and oxygen atoms in total. The Balaban J connectivity index is 1.97. The van der Waals surface area contributed by atoms with Gasteiger partial charge in [0.1, 0.15) is 0 Å². The highest BCUT2D eigenvalue weighted by atomic mass is 16.2. The number of nitrogens with zero attached hydrogens (tertiary/aromatic N) is 4. The topological polar surface area (TPSA) is 71.0 Å². The second-order valence-electron chi connectivity index (χ2n) is 4.49. The SMILES string of the molecule is CCN(CC)C(=O)c1cnc(NCc2cccnc2)nc1. The van der Waals surface area contributed by atoms with Crippen molar-refractivity contribution in [2.75, 3.05) is 18.4 Å². The Morgan fingerprint density at radius 2 is 1.90 bits per heavy atom. The number of carbonyl (C=O) groups excluding carboxylic acids is 1. The molecule has 21 heavy (non-hydrogen) atoms. The highest BCUT2D eigenvalue weighted by Gasteiger charge is 2.13. The molecular weight excluding hydrogens is 266 g/mol. The molecule has 2 aromatic rings. The second-order valence-corrected chi connectivity index (χ2v) is 4.49. The van der Waals surface area contributed by atoms with Crippen molar-refractivity contribution in [1.82, 2.24) is 19.9 Å². The van der Waals surface area contributed by atoms with Crippen molar-refractivity contribution in [1.29, 1.82) is 0 Å². The van der Waals surface area contributed by atoms with Crippen molar-refractivity contribution < 1.29 is 4.79 Å². The van der Waals surface area contributed by atoms with Gasteiger partial charge >= 0.3 is 0 Å². The molecule has 0 aliphatic carbocycles. The Morgan fingerprint density at radius 1 is 1.19 bits per heavy atom. The van der Waals surface area contributed by atoms with Crippen LogP contribution in [0.1, 0.15) is 29.8 Å². The quantitative estimate of drug-likeness (QED) is 0.878. The van der Waals surface area contributed by atoms with Crippen LogP contribution in [0.5, 0.6) is 0 Å². The first kappa shape index (κ1) is 14.9. The van der Waals surface area contributed by atoms with Gasteiger partial charge in [0.15, 0.2) is 0 Å². The number of hydrogen-bond donors (Lipinski definition) is 1. The van der Waals surface area contributed by atoms with Crippen molar-refractivity contribution in [3.05, 3.63) is 48.0 Å². The maximum absolute atomic E-state index is 12.1. The fourth-order valence-electron chi connectivity index (χ4n) is 1.91. The zero-order valence-electron chi connectivity index (χ0n) is 12.3. The maximum atomic E-state index is 12.1. The van der Waals surface area contributed by atoms with Gasteiger partial charge in [-0.25, -0.2) is 9.97 Å². The third-order valence-corrected chi connectivity index (χ3v) is 3.12. The molecule has 0 saturated carbocycles. The van der Waals surface area contributed by atoms with Crippen LogP contribution in [0.25, 0.3) is 0 Å².